The molecule has 1 aliphatic rings. The van der Waals surface area contributed by atoms with Crippen molar-refractivity contribution in [3.05, 3.63) is 0 Å². The highest BCUT2D eigenvalue weighted by Crippen LogP contribution is 2.33. The molecule has 0 heterocycles. The Bertz CT molecular complexity index is 238. The fourth-order valence-electron chi connectivity index (χ4n) is 1.41. The zero-order valence-corrected chi connectivity index (χ0v) is 9.12. The van der Waals surface area contributed by atoms with E-state index in [4.69, 9.17) is 0 Å². The van der Waals surface area contributed by atoms with Gasteiger partial charge >= 0.3 is 5.97 Å². The maximum atomic E-state index is 11.3. The van der Waals surface area contributed by atoms with Crippen LogP contribution in [0.4, 0.5) is 0 Å². The van der Waals surface area contributed by atoms with E-state index in [1.165, 1.54) is 14.2 Å². The Hall–Kier alpha value is -1.10. The zero-order chi connectivity index (χ0) is 11.3. The van der Waals surface area contributed by atoms with Crippen LogP contribution in [-0.2, 0) is 19.1 Å². The molecule has 0 aromatic rings. The van der Waals surface area contributed by atoms with E-state index in [0.29, 0.717) is 12.3 Å². The van der Waals surface area contributed by atoms with Crippen LogP contribution in [0.5, 0.6) is 0 Å². The van der Waals surface area contributed by atoms with E-state index in [1.54, 1.807) is 0 Å². The van der Waals surface area contributed by atoms with Gasteiger partial charge in [-0.05, 0) is 12.3 Å². The summed E-state index contributed by atoms with van der Waals surface area (Å²) in [5.41, 5.74) is 0. The van der Waals surface area contributed by atoms with Crippen LogP contribution < -0.4 is 5.32 Å². The van der Waals surface area contributed by atoms with E-state index in [9.17, 15) is 9.59 Å². The van der Waals surface area contributed by atoms with Gasteiger partial charge in [0.05, 0.1) is 7.11 Å². The van der Waals surface area contributed by atoms with Crippen LogP contribution in [0.1, 0.15) is 19.3 Å². The molecule has 1 N–H and O–H groups in total. The Kier molecular flexibility index (Phi) is 4.55. The lowest BCUT2D eigenvalue weighted by Crippen LogP contribution is -2.43. The van der Waals surface area contributed by atoms with Crippen molar-refractivity contribution in [2.75, 3.05) is 20.8 Å². The molecule has 1 atom stereocenters. The minimum Gasteiger partial charge on any atom is -0.467 e. The van der Waals surface area contributed by atoms with Gasteiger partial charge in [-0.1, -0.05) is 12.8 Å². The lowest BCUT2D eigenvalue weighted by atomic mass is 10.1. The number of amides is 1. The SMILES string of the molecule is COCC(=O)N[C@@H](CC1CC1)C(=O)OC. The molecule has 0 unspecified atom stereocenters. The quantitative estimate of drug-likeness (QED) is 0.638. The van der Waals surface area contributed by atoms with Crippen molar-refractivity contribution in [3.63, 3.8) is 0 Å². The van der Waals surface area contributed by atoms with Crippen molar-refractivity contribution < 1.29 is 19.1 Å². The second-order valence-electron chi connectivity index (χ2n) is 3.76. The number of hydrogen-bond donors (Lipinski definition) is 1. The average molecular weight is 215 g/mol. The van der Waals surface area contributed by atoms with Crippen molar-refractivity contribution in [1.29, 1.82) is 0 Å². The molecule has 0 bridgehead atoms. The van der Waals surface area contributed by atoms with Gasteiger partial charge in [-0.3, -0.25) is 4.79 Å². The molecular formula is C10H17NO4. The third-order valence-corrected chi connectivity index (χ3v) is 2.36. The summed E-state index contributed by atoms with van der Waals surface area (Å²) in [7, 11) is 2.76. The van der Waals surface area contributed by atoms with Gasteiger partial charge in [0.15, 0.2) is 0 Å². The number of hydrogen-bond acceptors (Lipinski definition) is 4. The number of carbonyl (C=O) groups excluding carboxylic acids is 2. The molecule has 15 heavy (non-hydrogen) atoms. The summed E-state index contributed by atoms with van der Waals surface area (Å²) in [6.07, 6.45) is 2.93. The number of methoxy groups -OCH3 is 2. The molecule has 1 fully saturated rings. The first-order valence-corrected chi connectivity index (χ1v) is 5.03. The van der Waals surface area contributed by atoms with Gasteiger partial charge in [0, 0.05) is 7.11 Å². The second-order valence-corrected chi connectivity index (χ2v) is 3.76. The molecule has 0 saturated heterocycles. The Balaban J connectivity index is 2.39. The highest BCUT2D eigenvalue weighted by molar-refractivity contribution is 5.85. The van der Waals surface area contributed by atoms with Gasteiger partial charge in [-0.25, -0.2) is 4.79 Å². The molecule has 0 aromatic heterocycles. The van der Waals surface area contributed by atoms with Crippen LogP contribution in [-0.4, -0.2) is 38.7 Å². The van der Waals surface area contributed by atoms with Crippen LogP contribution in [0, 0.1) is 5.92 Å². The number of carbonyl (C=O) groups is 2. The predicted octanol–water partition coefficient (Wildman–Crippen LogP) is 0.0907. The molecule has 86 valence electrons. The van der Waals surface area contributed by atoms with Gasteiger partial charge in [0.25, 0.3) is 0 Å². The van der Waals surface area contributed by atoms with Crippen LogP contribution >= 0.6 is 0 Å². The lowest BCUT2D eigenvalue weighted by Gasteiger charge is -2.15. The molecule has 5 heteroatoms. The number of nitrogens with one attached hydrogen (secondary N) is 1. The first-order chi connectivity index (χ1) is 7.17. The summed E-state index contributed by atoms with van der Waals surface area (Å²) in [4.78, 5) is 22.6. The van der Waals surface area contributed by atoms with E-state index >= 15 is 0 Å². The van der Waals surface area contributed by atoms with Crippen molar-refractivity contribution in [3.8, 4) is 0 Å². The fourth-order valence-corrected chi connectivity index (χ4v) is 1.41. The van der Waals surface area contributed by atoms with Crippen LogP contribution in [0.15, 0.2) is 0 Å². The Morgan fingerprint density at radius 2 is 2.07 bits per heavy atom. The molecule has 0 aliphatic heterocycles. The summed E-state index contributed by atoms with van der Waals surface area (Å²) < 4.78 is 9.30. The molecule has 1 aliphatic carbocycles. The molecule has 5 nitrogen and oxygen atoms in total. The predicted molar refractivity (Wildman–Crippen MR) is 53.2 cm³/mol. The fraction of sp³-hybridized carbons (Fsp3) is 0.800. The summed E-state index contributed by atoms with van der Waals surface area (Å²) in [5.74, 6) is -0.114. The maximum Gasteiger partial charge on any atom is 0.328 e. The lowest BCUT2D eigenvalue weighted by molar-refractivity contribution is -0.145. The van der Waals surface area contributed by atoms with Gasteiger partial charge in [-0.15, -0.1) is 0 Å². The van der Waals surface area contributed by atoms with Crippen molar-refractivity contribution >= 4 is 11.9 Å². The van der Waals surface area contributed by atoms with Crippen LogP contribution in [0.25, 0.3) is 0 Å². The Morgan fingerprint density at radius 1 is 1.40 bits per heavy atom. The summed E-state index contributed by atoms with van der Waals surface area (Å²) in [6.45, 7) is -0.0296. The zero-order valence-electron chi connectivity index (χ0n) is 9.12. The molecule has 0 spiro atoms. The second kappa shape index (κ2) is 5.70. The van der Waals surface area contributed by atoms with Crippen LogP contribution in [0.2, 0.25) is 0 Å². The van der Waals surface area contributed by atoms with Crippen molar-refractivity contribution in [1.82, 2.24) is 5.32 Å². The minimum absolute atomic E-state index is 0.0296. The molecule has 1 rings (SSSR count). The smallest absolute Gasteiger partial charge is 0.328 e. The molecular weight excluding hydrogens is 198 g/mol. The summed E-state index contributed by atoms with van der Waals surface area (Å²) in [6, 6.07) is -0.523. The normalized spacial score (nSPS) is 16.9. The van der Waals surface area contributed by atoms with Crippen molar-refractivity contribution in [2.45, 2.75) is 25.3 Å². The average Bonchev–Trinajstić information content (AvgIpc) is 3.00. The standard InChI is InChI=1S/C10H17NO4/c1-14-6-9(12)11-8(10(13)15-2)5-7-3-4-7/h7-8H,3-6H2,1-2H3,(H,11,12)/t8-/m0/s1. The topological polar surface area (TPSA) is 64.6 Å². The molecule has 1 saturated carbocycles. The van der Waals surface area contributed by atoms with Gasteiger partial charge < -0.3 is 14.8 Å². The summed E-state index contributed by atoms with van der Waals surface area (Å²) in [5, 5.41) is 2.60. The number of ether oxygens (including phenoxy) is 2. The summed E-state index contributed by atoms with van der Waals surface area (Å²) >= 11 is 0. The Labute approximate surface area is 89.1 Å². The van der Waals surface area contributed by atoms with Crippen molar-refractivity contribution in [2.24, 2.45) is 5.92 Å². The van der Waals surface area contributed by atoms with E-state index in [0.717, 1.165) is 12.8 Å². The van der Waals surface area contributed by atoms with E-state index in [-0.39, 0.29) is 18.5 Å². The third-order valence-electron chi connectivity index (χ3n) is 2.36. The molecule has 0 aromatic carbocycles. The first kappa shape index (κ1) is 12.0. The van der Waals surface area contributed by atoms with Gasteiger partial charge in [0.2, 0.25) is 5.91 Å². The molecule has 1 amide bonds. The largest absolute Gasteiger partial charge is 0.467 e. The van der Waals surface area contributed by atoms with Gasteiger partial charge in [-0.2, -0.15) is 0 Å². The number of rotatable bonds is 6. The maximum absolute atomic E-state index is 11.3. The van der Waals surface area contributed by atoms with Crippen LogP contribution in [0.3, 0.4) is 0 Å². The molecule has 0 radical (unpaired) electrons. The highest BCUT2D eigenvalue weighted by Gasteiger charge is 2.30. The third kappa shape index (κ3) is 4.29. The highest BCUT2D eigenvalue weighted by atomic mass is 16.5. The van der Waals surface area contributed by atoms with E-state index in [2.05, 4.69) is 14.8 Å². The van der Waals surface area contributed by atoms with Gasteiger partial charge in [0.1, 0.15) is 12.6 Å². The monoisotopic (exact) mass is 215 g/mol. The Morgan fingerprint density at radius 3 is 2.53 bits per heavy atom. The number of esters is 1. The first-order valence-electron chi connectivity index (χ1n) is 5.03. The van der Waals surface area contributed by atoms with E-state index < -0.39 is 6.04 Å². The van der Waals surface area contributed by atoms with E-state index in [1.807, 2.05) is 0 Å². The minimum atomic E-state index is -0.523.